The standard InChI is InChI=1S/C19H23N3O4S/c1-15-3-4-16(2)19(13-15)27(25,26)21-11-9-20(10-12-21)14-17-5-7-18(8-6-17)22(23)24/h3-8,13H,9-12,14H2,1-2H3. The third-order valence-electron chi connectivity index (χ3n) is 4.85. The quantitative estimate of drug-likeness (QED) is 0.580. The molecule has 3 rings (SSSR count). The van der Waals surface area contributed by atoms with Crippen LogP contribution in [0.2, 0.25) is 0 Å². The summed E-state index contributed by atoms with van der Waals surface area (Å²) in [5, 5.41) is 10.7. The topological polar surface area (TPSA) is 83.8 Å². The minimum absolute atomic E-state index is 0.0724. The SMILES string of the molecule is Cc1ccc(C)c(S(=O)(=O)N2CCN(Cc3ccc([N+](=O)[O-])cc3)CC2)c1. The van der Waals surface area contributed by atoms with E-state index in [9.17, 15) is 18.5 Å². The average Bonchev–Trinajstić information content (AvgIpc) is 2.64. The summed E-state index contributed by atoms with van der Waals surface area (Å²) >= 11 is 0. The second kappa shape index (κ2) is 7.75. The molecule has 0 bridgehead atoms. The Morgan fingerprint density at radius 1 is 1.00 bits per heavy atom. The van der Waals surface area contributed by atoms with Gasteiger partial charge in [-0.25, -0.2) is 8.42 Å². The maximum Gasteiger partial charge on any atom is 0.269 e. The fraction of sp³-hybridized carbons (Fsp3) is 0.368. The van der Waals surface area contributed by atoms with Gasteiger partial charge in [-0.3, -0.25) is 15.0 Å². The van der Waals surface area contributed by atoms with Gasteiger partial charge in [0.2, 0.25) is 10.0 Å². The number of sulfonamides is 1. The summed E-state index contributed by atoms with van der Waals surface area (Å²) in [4.78, 5) is 12.9. The number of nitro groups is 1. The van der Waals surface area contributed by atoms with Gasteiger partial charge >= 0.3 is 0 Å². The van der Waals surface area contributed by atoms with Crippen molar-refractivity contribution in [3.8, 4) is 0 Å². The summed E-state index contributed by atoms with van der Waals surface area (Å²) in [7, 11) is -3.49. The molecule has 0 radical (unpaired) electrons. The van der Waals surface area contributed by atoms with E-state index in [4.69, 9.17) is 0 Å². The maximum atomic E-state index is 13.0. The van der Waals surface area contributed by atoms with Gasteiger partial charge in [-0.05, 0) is 36.6 Å². The summed E-state index contributed by atoms with van der Waals surface area (Å²) in [5.74, 6) is 0. The molecule has 0 atom stereocenters. The van der Waals surface area contributed by atoms with E-state index in [2.05, 4.69) is 4.90 Å². The number of non-ortho nitro benzene ring substituents is 1. The normalized spacial score (nSPS) is 16.4. The molecule has 0 amide bonds. The lowest BCUT2D eigenvalue weighted by Gasteiger charge is -2.34. The zero-order valence-corrected chi connectivity index (χ0v) is 16.3. The molecular formula is C19H23N3O4S. The molecule has 144 valence electrons. The highest BCUT2D eigenvalue weighted by atomic mass is 32.2. The molecule has 0 saturated carbocycles. The molecule has 1 heterocycles. The molecule has 7 nitrogen and oxygen atoms in total. The number of aryl methyl sites for hydroxylation is 2. The van der Waals surface area contributed by atoms with Crippen molar-refractivity contribution in [2.75, 3.05) is 26.2 Å². The Balaban J connectivity index is 1.64. The van der Waals surface area contributed by atoms with Crippen molar-refractivity contribution in [2.24, 2.45) is 0 Å². The first-order chi connectivity index (χ1) is 12.8. The van der Waals surface area contributed by atoms with Gasteiger partial charge in [0.25, 0.3) is 5.69 Å². The second-order valence-corrected chi connectivity index (χ2v) is 8.78. The first-order valence-corrected chi connectivity index (χ1v) is 10.2. The third kappa shape index (κ3) is 4.35. The van der Waals surface area contributed by atoms with E-state index in [0.29, 0.717) is 37.6 Å². The van der Waals surface area contributed by atoms with E-state index in [1.807, 2.05) is 26.0 Å². The van der Waals surface area contributed by atoms with Crippen molar-refractivity contribution in [1.29, 1.82) is 0 Å². The predicted octanol–water partition coefficient (Wildman–Crippen LogP) is 2.72. The van der Waals surface area contributed by atoms with Crippen LogP contribution in [0.3, 0.4) is 0 Å². The molecule has 0 spiro atoms. The number of nitrogens with zero attached hydrogens (tertiary/aromatic N) is 3. The van der Waals surface area contributed by atoms with E-state index >= 15 is 0 Å². The molecule has 0 aliphatic carbocycles. The fourth-order valence-electron chi connectivity index (χ4n) is 3.23. The summed E-state index contributed by atoms with van der Waals surface area (Å²) in [6.45, 7) is 6.47. The monoisotopic (exact) mass is 389 g/mol. The van der Waals surface area contributed by atoms with Gasteiger partial charge in [0.1, 0.15) is 0 Å². The minimum atomic E-state index is -3.49. The van der Waals surface area contributed by atoms with Crippen LogP contribution < -0.4 is 0 Å². The van der Waals surface area contributed by atoms with Gasteiger partial charge < -0.3 is 0 Å². The number of benzene rings is 2. The highest BCUT2D eigenvalue weighted by Gasteiger charge is 2.29. The lowest BCUT2D eigenvalue weighted by atomic mass is 10.2. The maximum absolute atomic E-state index is 13.0. The first kappa shape index (κ1) is 19.5. The lowest BCUT2D eigenvalue weighted by Crippen LogP contribution is -2.48. The molecule has 0 aromatic heterocycles. The van der Waals surface area contributed by atoms with Gasteiger partial charge in [-0.1, -0.05) is 24.3 Å². The number of hydrogen-bond acceptors (Lipinski definition) is 5. The van der Waals surface area contributed by atoms with Crippen molar-refractivity contribution in [3.05, 3.63) is 69.3 Å². The molecule has 1 aliphatic heterocycles. The molecule has 2 aromatic rings. The molecule has 1 fully saturated rings. The Morgan fingerprint density at radius 2 is 1.63 bits per heavy atom. The van der Waals surface area contributed by atoms with E-state index in [0.717, 1.165) is 16.7 Å². The Bertz CT molecular complexity index is 934. The zero-order valence-electron chi connectivity index (χ0n) is 15.5. The van der Waals surface area contributed by atoms with Crippen molar-refractivity contribution in [1.82, 2.24) is 9.21 Å². The van der Waals surface area contributed by atoms with E-state index in [1.54, 1.807) is 22.5 Å². The molecule has 1 saturated heterocycles. The molecular weight excluding hydrogens is 366 g/mol. The smallest absolute Gasteiger partial charge is 0.269 e. The largest absolute Gasteiger partial charge is 0.296 e. The zero-order chi connectivity index (χ0) is 19.6. The van der Waals surface area contributed by atoms with Gasteiger partial charge in [-0.15, -0.1) is 0 Å². The highest BCUT2D eigenvalue weighted by molar-refractivity contribution is 7.89. The Kier molecular flexibility index (Phi) is 5.59. The molecule has 2 aromatic carbocycles. The van der Waals surface area contributed by atoms with E-state index in [-0.39, 0.29) is 5.69 Å². The number of rotatable bonds is 5. The number of nitro benzene ring substituents is 1. The molecule has 8 heteroatoms. The van der Waals surface area contributed by atoms with Gasteiger partial charge in [0, 0.05) is 44.9 Å². The average molecular weight is 389 g/mol. The number of hydrogen-bond donors (Lipinski definition) is 0. The van der Waals surface area contributed by atoms with Crippen LogP contribution in [0.15, 0.2) is 47.4 Å². The lowest BCUT2D eigenvalue weighted by molar-refractivity contribution is -0.384. The van der Waals surface area contributed by atoms with E-state index < -0.39 is 14.9 Å². The summed E-state index contributed by atoms with van der Waals surface area (Å²) in [6, 6.07) is 12.0. The van der Waals surface area contributed by atoms with Crippen molar-refractivity contribution in [2.45, 2.75) is 25.3 Å². The Hall–Kier alpha value is -2.29. The molecule has 27 heavy (non-hydrogen) atoms. The van der Waals surface area contributed by atoms with Crippen LogP contribution in [-0.4, -0.2) is 48.7 Å². The second-order valence-electron chi connectivity index (χ2n) is 6.87. The Morgan fingerprint density at radius 3 is 2.22 bits per heavy atom. The van der Waals surface area contributed by atoms with Gasteiger partial charge in [0.05, 0.1) is 9.82 Å². The molecule has 0 N–H and O–H groups in total. The van der Waals surface area contributed by atoms with Crippen molar-refractivity contribution >= 4 is 15.7 Å². The van der Waals surface area contributed by atoms with Crippen LogP contribution in [0.25, 0.3) is 0 Å². The molecule has 1 aliphatic rings. The summed E-state index contributed by atoms with van der Waals surface area (Å²) in [5.41, 5.74) is 2.74. The summed E-state index contributed by atoms with van der Waals surface area (Å²) in [6.07, 6.45) is 0. The van der Waals surface area contributed by atoms with Crippen LogP contribution in [0.1, 0.15) is 16.7 Å². The first-order valence-electron chi connectivity index (χ1n) is 8.80. The van der Waals surface area contributed by atoms with Crippen LogP contribution in [-0.2, 0) is 16.6 Å². The minimum Gasteiger partial charge on any atom is -0.296 e. The van der Waals surface area contributed by atoms with Crippen molar-refractivity contribution < 1.29 is 13.3 Å². The highest BCUT2D eigenvalue weighted by Crippen LogP contribution is 2.23. The third-order valence-corrected chi connectivity index (χ3v) is 6.89. The molecule has 0 unspecified atom stereocenters. The summed E-state index contributed by atoms with van der Waals surface area (Å²) < 4.78 is 27.5. The fourth-order valence-corrected chi connectivity index (χ4v) is 4.97. The van der Waals surface area contributed by atoms with Crippen LogP contribution >= 0.6 is 0 Å². The predicted molar refractivity (Wildman–Crippen MR) is 103 cm³/mol. The number of piperazine rings is 1. The van der Waals surface area contributed by atoms with Gasteiger partial charge in [0.15, 0.2) is 0 Å². The van der Waals surface area contributed by atoms with E-state index in [1.165, 1.54) is 12.1 Å². The van der Waals surface area contributed by atoms with Crippen LogP contribution in [0.5, 0.6) is 0 Å². The van der Waals surface area contributed by atoms with Gasteiger partial charge in [-0.2, -0.15) is 4.31 Å². The van der Waals surface area contributed by atoms with Crippen LogP contribution in [0.4, 0.5) is 5.69 Å². The Labute approximate surface area is 159 Å². The van der Waals surface area contributed by atoms with Crippen LogP contribution in [0, 0.1) is 24.0 Å². The van der Waals surface area contributed by atoms with Crippen molar-refractivity contribution in [3.63, 3.8) is 0 Å².